The summed E-state index contributed by atoms with van der Waals surface area (Å²) in [6.07, 6.45) is -0.238. The molecule has 7 heteroatoms. The van der Waals surface area contributed by atoms with Crippen molar-refractivity contribution in [3.8, 4) is 0 Å². The summed E-state index contributed by atoms with van der Waals surface area (Å²) in [5, 5.41) is 1.89. The predicted molar refractivity (Wildman–Crippen MR) is 130 cm³/mol. The number of amides is 1. The fourth-order valence-corrected chi connectivity index (χ4v) is 4.48. The zero-order chi connectivity index (χ0) is 22.9. The average Bonchev–Trinajstić information content (AvgIpc) is 2.83. The van der Waals surface area contributed by atoms with Crippen molar-refractivity contribution in [2.75, 3.05) is 38.7 Å². The van der Waals surface area contributed by atoms with Crippen LogP contribution in [0.5, 0.6) is 0 Å². The Morgan fingerprint density at radius 1 is 1.09 bits per heavy atom. The summed E-state index contributed by atoms with van der Waals surface area (Å²) in [6, 6.07) is 19.8. The number of aromatic nitrogens is 2. The van der Waals surface area contributed by atoms with Gasteiger partial charge in [0.1, 0.15) is 11.9 Å². The number of rotatable bonds is 5. The van der Waals surface area contributed by atoms with E-state index in [4.69, 9.17) is 20.4 Å². The number of anilines is 1. The number of hydrogen-bond acceptors (Lipinski definition) is 6. The quantitative estimate of drug-likeness (QED) is 0.510. The van der Waals surface area contributed by atoms with Gasteiger partial charge in [0.05, 0.1) is 28.9 Å². The summed E-state index contributed by atoms with van der Waals surface area (Å²) in [6.45, 7) is 2.82. The van der Waals surface area contributed by atoms with Crippen molar-refractivity contribution in [2.24, 2.45) is 5.73 Å². The summed E-state index contributed by atoms with van der Waals surface area (Å²) in [5.74, 6) is 0.511. The van der Waals surface area contributed by atoms with E-state index in [1.54, 1.807) is 6.07 Å². The number of ether oxygens (including phenoxy) is 1. The molecule has 0 radical (unpaired) electrons. The van der Waals surface area contributed by atoms with Crippen LogP contribution in [0.15, 0.2) is 60.7 Å². The van der Waals surface area contributed by atoms with Crippen molar-refractivity contribution < 1.29 is 9.53 Å². The number of nitrogens with zero attached hydrogens (tertiary/aromatic N) is 4. The van der Waals surface area contributed by atoms with E-state index in [1.165, 1.54) is 5.56 Å². The summed E-state index contributed by atoms with van der Waals surface area (Å²) in [4.78, 5) is 26.2. The van der Waals surface area contributed by atoms with Crippen LogP contribution in [0.4, 0.5) is 5.82 Å². The van der Waals surface area contributed by atoms with Crippen molar-refractivity contribution in [1.82, 2.24) is 14.9 Å². The molecule has 1 saturated heterocycles. The van der Waals surface area contributed by atoms with Crippen LogP contribution in [-0.4, -0.2) is 54.6 Å². The van der Waals surface area contributed by atoms with E-state index < -0.39 is 5.91 Å². The van der Waals surface area contributed by atoms with Gasteiger partial charge in [-0.15, -0.1) is 0 Å². The number of hydrogen-bond donors (Lipinski definition) is 1. The average molecular weight is 442 g/mol. The minimum absolute atomic E-state index is 0.238. The molecule has 168 valence electrons. The van der Waals surface area contributed by atoms with Crippen LogP contribution in [-0.2, 0) is 11.3 Å². The first-order valence-electron chi connectivity index (χ1n) is 11.1. The highest BCUT2D eigenvalue weighted by atomic mass is 16.5. The Balaban J connectivity index is 1.44. The van der Waals surface area contributed by atoms with E-state index in [0.29, 0.717) is 18.7 Å². The molecule has 2 aromatic carbocycles. The molecular formula is C26H27N5O2. The summed E-state index contributed by atoms with van der Waals surface area (Å²) in [7, 11) is 4.04. The van der Waals surface area contributed by atoms with Crippen molar-refractivity contribution in [2.45, 2.75) is 12.6 Å². The monoisotopic (exact) mass is 441 g/mol. The second-order valence-electron chi connectivity index (χ2n) is 8.63. The lowest BCUT2D eigenvalue weighted by Crippen LogP contribution is -2.38. The Morgan fingerprint density at radius 3 is 2.64 bits per heavy atom. The Morgan fingerprint density at radius 2 is 1.85 bits per heavy atom. The van der Waals surface area contributed by atoms with Gasteiger partial charge in [0, 0.05) is 50.1 Å². The Bertz CT molecular complexity index is 1340. The fraction of sp³-hybridized carbons (Fsp3) is 0.269. The molecule has 33 heavy (non-hydrogen) atoms. The SMILES string of the molecule is CN(C)c1nc2ccccc2cc1CN1CCO[C@@H](c2cc(C(N)=O)c3ccccc3n2)C1. The Labute approximate surface area is 192 Å². The molecule has 2 aromatic heterocycles. The zero-order valence-corrected chi connectivity index (χ0v) is 18.9. The second-order valence-corrected chi connectivity index (χ2v) is 8.63. The minimum Gasteiger partial charge on any atom is -0.369 e. The van der Waals surface area contributed by atoms with E-state index >= 15 is 0 Å². The molecule has 0 spiro atoms. The topological polar surface area (TPSA) is 84.6 Å². The van der Waals surface area contributed by atoms with Gasteiger partial charge in [-0.3, -0.25) is 9.69 Å². The standard InChI is InChI=1S/C26H27N5O2/c1-30(2)26-18(13-17-7-3-5-9-21(17)29-26)15-31-11-12-33-24(16-31)23-14-20(25(27)32)19-8-4-6-10-22(19)28-23/h3-10,13-14,24H,11-12,15-16H2,1-2H3,(H2,27,32)/t24-/m1/s1. The normalized spacial score (nSPS) is 16.8. The van der Waals surface area contributed by atoms with E-state index in [-0.39, 0.29) is 6.10 Å². The molecule has 1 fully saturated rings. The molecule has 3 heterocycles. The molecule has 1 atom stereocenters. The summed E-state index contributed by atoms with van der Waals surface area (Å²) >= 11 is 0. The molecule has 0 unspecified atom stereocenters. The molecule has 5 rings (SSSR count). The number of primary amides is 1. The third kappa shape index (κ3) is 4.25. The smallest absolute Gasteiger partial charge is 0.249 e. The van der Waals surface area contributed by atoms with Crippen LogP contribution in [0.25, 0.3) is 21.8 Å². The number of nitrogens with two attached hydrogens (primary N) is 1. The van der Waals surface area contributed by atoms with Crippen LogP contribution >= 0.6 is 0 Å². The lowest BCUT2D eigenvalue weighted by atomic mass is 10.0. The van der Waals surface area contributed by atoms with Gasteiger partial charge in [0.2, 0.25) is 5.91 Å². The Kier molecular flexibility index (Phi) is 5.66. The van der Waals surface area contributed by atoms with E-state index in [2.05, 4.69) is 21.9 Å². The zero-order valence-electron chi connectivity index (χ0n) is 18.9. The lowest BCUT2D eigenvalue weighted by molar-refractivity contribution is -0.0348. The number of fused-ring (bicyclic) bond motifs is 2. The van der Waals surface area contributed by atoms with Gasteiger partial charge in [-0.25, -0.2) is 9.97 Å². The van der Waals surface area contributed by atoms with Crippen LogP contribution in [0.3, 0.4) is 0 Å². The maximum Gasteiger partial charge on any atom is 0.249 e. The largest absolute Gasteiger partial charge is 0.369 e. The first-order valence-corrected chi connectivity index (χ1v) is 11.1. The molecule has 1 aliphatic rings. The van der Waals surface area contributed by atoms with Gasteiger partial charge in [0.25, 0.3) is 0 Å². The van der Waals surface area contributed by atoms with Crippen LogP contribution in [0.2, 0.25) is 0 Å². The third-order valence-electron chi connectivity index (χ3n) is 6.08. The third-order valence-corrected chi connectivity index (χ3v) is 6.08. The number of pyridine rings is 2. The number of morpholine rings is 1. The van der Waals surface area contributed by atoms with E-state index in [9.17, 15) is 4.79 Å². The van der Waals surface area contributed by atoms with Gasteiger partial charge in [-0.1, -0.05) is 36.4 Å². The molecule has 0 bridgehead atoms. The molecule has 1 aliphatic heterocycles. The summed E-state index contributed by atoms with van der Waals surface area (Å²) in [5.41, 5.74) is 9.79. The van der Waals surface area contributed by atoms with Crippen molar-refractivity contribution in [1.29, 1.82) is 0 Å². The fourth-order valence-electron chi connectivity index (χ4n) is 4.48. The number of carbonyl (C=O) groups is 1. The maximum absolute atomic E-state index is 12.1. The first-order chi connectivity index (χ1) is 16.0. The molecule has 7 nitrogen and oxygen atoms in total. The van der Waals surface area contributed by atoms with Crippen LogP contribution in [0, 0.1) is 0 Å². The number of para-hydroxylation sites is 2. The van der Waals surface area contributed by atoms with Gasteiger partial charge >= 0.3 is 0 Å². The predicted octanol–water partition coefficient (Wildman–Crippen LogP) is 3.52. The van der Waals surface area contributed by atoms with Gasteiger partial charge in [-0.2, -0.15) is 0 Å². The van der Waals surface area contributed by atoms with E-state index in [0.717, 1.165) is 46.4 Å². The molecule has 4 aromatic rings. The molecule has 2 N–H and O–H groups in total. The molecular weight excluding hydrogens is 414 g/mol. The van der Waals surface area contributed by atoms with Crippen LogP contribution < -0.4 is 10.6 Å². The van der Waals surface area contributed by atoms with Crippen LogP contribution in [0.1, 0.15) is 27.7 Å². The summed E-state index contributed by atoms with van der Waals surface area (Å²) < 4.78 is 6.08. The number of benzene rings is 2. The first kappa shape index (κ1) is 21.3. The maximum atomic E-state index is 12.1. The molecule has 1 amide bonds. The molecule has 0 aliphatic carbocycles. The highest BCUT2D eigenvalue weighted by Crippen LogP contribution is 2.29. The highest BCUT2D eigenvalue weighted by molar-refractivity contribution is 6.05. The van der Waals surface area contributed by atoms with Gasteiger partial charge < -0.3 is 15.4 Å². The van der Waals surface area contributed by atoms with Gasteiger partial charge in [0.15, 0.2) is 0 Å². The minimum atomic E-state index is -0.458. The van der Waals surface area contributed by atoms with Crippen molar-refractivity contribution in [3.05, 3.63) is 77.5 Å². The highest BCUT2D eigenvalue weighted by Gasteiger charge is 2.26. The second kappa shape index (κ2) is 8.77. The van der Waals surface area contributed by atoms with Gasteiger partial charge in [-0.05, 0) is 24.3 Å². The van der Waals surface area contributed by atoms with Crippen molar-refractivity contribution >= 4 is 33.5 Å². The molecule has 0 saturated carbocycles. The van der Waals surface area contributed by atoms with E-state index in [1.807, 2.05) is 56.6 Å². The van der Waals surface area contributed by atoms with Crippen molar-refractivity contribution in [3.63, 3.8) is 0 Å². The lowest BCUT2D eigenvalue weighted by Gasteiger charge is -2.33. The Hall–Kier alpha value is -3.55. The number of carbonyl (C=O) groups excluding carboxylic acids is 1.